The first-order valence-electron chi connectivity index (χ1n) is 4.47. The first kappa shape index (κ1) is 22.0. The van der Waals surface area contributed by atoms with E-state index in [9.17, 15) is 9.79 Å². The van der Waals surface area contributed by atoms with Crippen LogP contribution in [0.4, 0.5) is 0 Å². The second-order valence-electron chi connectivity index (χ2n) is 3.13. The monoisotopic (exact) mass is 308 g/mol. The van der Waals surface area contributed by atoms with E-state index in [1.54, 1.807) is 24.3 Å². The predicted molar refractivity (Wildman–Crippen MR) is 58.9 cm³/mol. The molecule has 0 aliphatic carbocycles. The quantitative estimate of drug-likeness (QED) is 0.417. The van der Waals surface area contributed by atoms with Gasteiger partial charge in [-0.2, -0.15) is 0 Å². The van der Waals surface area contributed by atoms with Crippen molar-refractivity contribution in [1.82, 2.24) is 0 Å². The molecule has 0 aromatic heterocycles. The molecule has 1 rings (SSSR count). The molecule has 18 heavy (non-hydrogen) atoms. The van der Waals surface area contributed by atoms with Crippen LogP contribution in [0.25, 0.3) is 0 Å². The molecule has 1 unspecified atom stereocenters. The minimum atomic E-state index is -2.73. The Kier molecular flexibility index (Phi) is 13.9. The van der Waals surface area contributed by atoms with Gasteiger partial charge in [-0.05, 0) is 23.4 Å². The smallest absolute Gasteiger partial charge is 0.841 e. The van der Waals surface area contributed by atoms with Crippen molar-refractivity contribution in [3.05, 3.63) is 29.8 Å². The third-order valence-corrected chi connectivity index (χ3v) is 4.06. The van der Waals surface area contributed by atoms with Crippen LogP contribution < -0.4 is 73.6 Å². The molecule has 0 saturated carbocycles. The van der Waals surface area contributed by atoms with Crippen LogP contribution in [0.1, 0.15) is 11.2 Å². The normalized spacial score (nSPS) is 11.7. The van der Waals surface area contributed by atoms with Crippen molar-refractivity contribution in [3.8, 4) is 5.75 Å². The molecule has 0 fully saturated rings. The van der Waals surface area contributed by atoms with Crippen LogP contribution in [-0.4, -0.2) is 23.1 Å². The van der Waals surface area contributed by atoms with Gasteiger partial charge in [-0.3, -0.25) is 0 Å². The summed E-state index contributed by atoms with van der Waals surface area (Å²) in [6.07, 6.45) is -0.166. The van der Waals surface area contributed by atoms with E-state index >= 15 is 0 Å². The first-order valence-corrected chi connectivity index (χ1v) is 7.15. The van der Waals surface area contributed by atoms with Gasteiger partial charge in [-0.15, -0.1) is 0 Å². The van der Waals surface area contributed by atoms with Crippen LogP contribution in [0.5, 0.6) is 5.75 Å². The van der Waals surface area contributed by atoms with Gasteiger partial charge in [0.15, 0.2) is 8.38 Å². The van der Waals surface area contributed by atoms with Crippen LogP contribution >= 0.6 is 16.8 Å². The molecule has 90 valence electrons. The van der Waals surface area contributed by atoms with Gasteiger partial charge in [-0.25, -0.2) is 0 Å². The van der Waals surface area contributed by atoms with Crippen molar-refractivity contribution < 1.29 is 83.4 Å². The van der Waals surface area contributed by atoms with E-state index in [2.05, 4.69) is 0 Å². The Labute approximate surface area is 153 Å². The summed E-state index contributed by atoms with van der Waals surface area (Å²) in [5, 5.41) is 0. The molecular formula is C9H12Na2O5P2. The van der Waals surface area contributed by atoms with Crippen molar-refractivity contribution >= 4 is 16.8 Å². The molecule has 0 saturated heterocycles. The van der Waals surface area contributed by atoms with Gasteiger partial charge in [0.1, 0.15) is 5.75 Å². The Balaban J connectivity index is 0. The summed E-state index contributed by atoms with van der Waals surface area (Å²) in [4.78, 5) is 39.7. The summed E-state index contributed by atoms with van der Waals surface area (Å²) >= 11 is 0. The van der Waals surface area contributed by atoms with Gasteiger partial charge < -0.3 is 32.7 Å². The molecule has 0 amide bonds. The van der Waals surface area contributed by atoms with E-state index in [0.717, 1.165) is 0 Å². The van der Waals surface area contributed by atoms with Gasteiger partial charge in [0.25, 0.3) is 0 Å². The largest absolute Gasteiger partial charge is 1.00 e. The van der Waals surface area contributed by atoms with Gasteiger partial charge in [0.05, 0.1) is 7.11 Å². The Hall–Kier alpha value is 1.72. The Morgan fingerprint density at radius 2 is 1.67 bits per heavy atom. The fraction of sp³-hybridized carbons (Fsp3) is 0.333. The van der Waals surface area contributed by atoms with Crippen LogP contribution in [-0.2, 0) is 0 Å². The SMILES string of the molecule is COc1ccc(C(CP(O)O)P([O-])[O-])cc1.[Na+].[Na+]. The number of methoxy groups -OCH3 is 1. The summed E-state index contributed by atoms with van der Waals surface area (Å²) < 4.78 is 4.94. The Bertz CT molecular complexity index is 323. The number of hydrogen-bond acceptors (Lipinski definition) is 5. The molecule has 5 nitrogen and oxygen atoms in total. The first-order chi connectivity index (χ1) is 7.54. The van der Waals surface area contributed by atoms with E-state index in [-0.39, 0.29) is 65.3 Å². The number of benzene rings is 1. The summed E-state index contributed by atoms with van der Waals surface area (Å²) in [6, 6.07) is 6.48. The maximum Gasteiger partial charge on any atom is 1.00 e. The van der Waals surface area contributed by atoms with E-state index in [1.165, 1.54) is 7.11 Å². The summed E-state index contributed by atoms with van der Waals surface area (Å²) in [5.41, 5.74) is -0.325. The van der Waals surface area contributed by atoms with Crippen LogP contribution in [0.3, 0.4) is 0 Å². The second kappa shape index (κ2) is 11.4. The number of rotatable bonds is 5. The third kappa shape index (κ3) is 7.49. The van der Waals surface area contributed by atoms with Crippen molar-refractivity contribution in [3.63, 3.8) is 0 Å². The molecule has 0 heterocycles. The molecular weight excluding hydrogens is 296 g/mol. The molecule has 0 bridgehead atoms. The van der Waals surface area contributed by atoms with E-state index < -0.39 is 22.4 Å². The molecule has 0 spiro atoms. The minimum absolute atomic E-state index is 0. The van der Waals surface area contributed by atoms with Crippen LogP contribution in [0, 0.1) is 0 Å². The molecule has 0 aliphatic heterocycles. The van der Waals surface area contributed by atoms with Crippen molar-refractivity contribution in [2.75, 3.05) is 13.3 Å². The van der Waals surface area contributed by atoms with Gasteiger partial charge in [0, 0.05) is 6.16 Å². The standard InChI is InChI=1S/C9H12O5P2.2Na/c1-14-8-4-2-7(3-5-8)9(16(12)13)6-15(10)11;;/h2-5,9-11H,6H2,1H3;;/q-2;2*+1. The van der Waals surface area contributed by atoms with Crippen molar-refractivity contribution in [1.29, 1.82) is 0 Å². The third-order valence-electron chi connectivity index (χ3n) is 2.09. The molecule has 2 N–H and O–H groups in total. The van der Waals surface area contributed by atoms with Crippen molar-refractivity contribution in [2.24, 2.45) is 0 Å². The number of hydrogen-bond donors (Lipinski definition) is 2. The zero-order valence-corrected chi connectivity index (χ0v) is 16.4. The molecule has 0 aliphatic rings. The number of ether oxygens (including phenoxy) is 1. The minimum Gasteiger partial charge on any atom is -0.841 e. The van der Waals surface area contributed by atoms with Gasteiger partial charge in [0.2, 0.25) is 0 Å². The van der Waals surface area contributed by atoms with Crippen LogP contribution in [0.2, 0.25) is 0 Å². The van der Waals surface area contributed by atoms with E-state index in [1.807, 2.05) is 0 Å². The summed E-state index contributed by atoms with van der Waals surface area (Å²) in [5.74, 6) is 0.624. The van der Waals surface area contributed by atoms with E-state index in [4.69, 9.17) is 14.5 Å². The molecule has 0 radical (unpaired) electrons. The predicted octanol–water partition coefficient (Wildman–Crippen LogP) is -5.93. The average molecular weight is 308 g/mol. The maximum atomic E-state index is 11.0. The Morgan fingerprint density at radius 3 is 2.00 bits per heavy atom. The van der Waals surface area contributed by atoms with E-state index in [0.29, 0.717) is 11.3 Å². The zero-order valence-electron chi connectivity index (χ0n) is 10.6. The topological polar surface area (TPSA) is 95.8 Å². The maximum absolute atomic E-state index is 11.0. The fourth-order valence-corrected chi connectivity index (χ4v) is 3.18. The van der Waals surface area contributed by atoms with Gasteiger partial charge in [-0.1, -0.05) is 12.1 Å². The van der Waals surface area contributed by atoms with Crippen molar-refractivity contribution in [2.45, 2.75) is 5.66 Å². The zero-order chi connectivity index (χ0) is 12.1. The second-order valence-corrected chi connectivity index (χ2v) is 5.43. The molecule has 1 atom stereocenters. The van der Waals surface area contributed by atoms with Gasteiger partial charge >= 0.3 is 59.1 Å². The fourth-order valence-electron chi connectivity index (χ4n) is 1.27. The molecule has 9 heteroatoms. The Morgan fingerprint density at radius 1 is 1.17 bits per heavy atom. The molecule has 1 aromatic rings. The van der Waals surface area contributed by atoms with Crippen LogP contribution in [0.15, 0.2) is 24.3 Å². The summed E-state index contributed by atoms with van der Waals surface area (Å²) in [7, 11) is -3.44. The average Bonchev–Trinajstić information content (AvgIpc) is 2.25. The molecule has 1 aromatic carbocycles. The summed E-state index contributed by atoms with van der Waals surface area (Å²) in [6.45, 7) is 0.